The highest BCUT2D eigenvalue weighted by atomic mass is 15.0. The van der Waals surface area contributed by atoms with Crippen molar-refractivity contribution in [3.8, 4) is 17.3 Å². The van der Waals surface area contributed by atoms with Crippen LogP contribution in [-0.4, -0.2) is 26.2 Å². The van der Waals surface area contributed by atoms with Crippen molar-refractivity contribution < 1.29 is 0 Å². The van der Waals surface area contributed by atoms with Crippen molar-refractivity contribution in [1.82, 2.24) is 19.9 Å². The summed E-state index contributed by atoms with van der Waals surface area (Å²) in [6, 6.07) is 19.8. The Kier molecular flexibility index (Phi) is 5.39. The fourth-order valence-corrected chi connectivity index (χ4v) is 4.62. The van der Waals surface area contributed by atoms with Crippen LogP contribution in [0.5, 0.6) is 0 Å². The number of benzene rings is 2. The summed E-state index contributed by atoms with van der Waals surface area (Å²) < 4.78 is 0. The number of rotatable bonds is 5. The zero-order chi connectivity index (χ0) is 24.5. The quantitative estimate of drug-likeness (QED) is 0.365. The van der Waals surface area contributed by atoms with Crippen LogP contribution in [0, 0.1) is 18.3 Å². The summed E-state index contributed by atoms with van der Waals surface area (Å²) in [6.45, 7) is 2.71. The maximum absolute atomic E-state index is 9.07. The van der Waals surface area contributed by atoms with Gasteiger partial charge in [-0.3, -0.25) is 9.98 Å². The second-order valence-corrected chi connectivity index (χ2v) is 8.66. The van der Waals surface area contributed by atoms with Crippen LogP contribution < -0.4 is 5.32 Å². The van der Waals surface area contributed by atoms with Crippen LogP contribution in [0.15, 0.2) is 78.3 Å². The molecule has 0 saturated heterocycles. The molecule has 5 aromatic rings. The van der Waals surface area contributed by atoms with Gasteiger partial charge in [0.25, 0.3) is 0 Å². The normalized spacial score (nSPS) is 11.9. The molecule has 0 saturated carbocycles. The van der Waals surface area contributed by atoms with E-state index in [0.29, 0.717) is 18.5 Å². The minimum atomic E-state index is 0.588. The van der Waals surface area contributed by atoms with Gasteiger partial charge in [-0.05, 0) is 65.9 Å². The molecule has 0 aliphatic carbocycles. The van der Waals surface area contributed by atoms with Gasteiger partial charge in [-0.2, -0.15) is 5.26 Å². The van der Waals surface area contributed by atoms with Gasteiger partial charge in [0.15, 0.2) is 0 Å². The summed E-state index contributed by atoms with van der Waals surface area (Å²) in [5.74, 6) is 0.768. The first kappa shape index (κ1) is 21.6. The fraction of sp³-hybridized carbons (Fsp3) is 0.103. The van der Waals surface area contributed by atoms with Crippen molar-refractivity contribution >= 4 is 28.5 Å². The number of hydrogen-bond donors (Lipinski definition) is 1. The van der Waals surface area contributed by atoms with Crippen LogP contribution in [0.1, 0.15) is 33.6 Å². The SMILES string of the molecule is Cc1ccc2c(Nc3ccc(C#N)cc3)nccc2c1Cc1ncccc1-c1ncnc2c1C=NC2. The van der Waals surface area contributed by atoms with Crippen molar-refractivity contribution in [3.05, 3.63) is 107 Å². The molecule has 7 nitrogen and oxygen atoms in total. The molecule has 1 aliphatic rings. The van der Waals surface area contributed by atoms with Gasteiger partial charge in [0.2, 0.25) is 0 Å². The molecule has 0 fully saturated rings. The van der Waals surface area contributed by atoms with Crippen LogP contribution in [0.4, 0.5) is 11.5 Å². The van der Waals surface area contributed by atoms with Gasteiger partial charge in [-0.1, -0.05) is 12.1 Å². The van der Waals surface area contributed by atoms with Gasteiger partial charge in [-0.25, -0.2) is 15.0 Å². The van der Waals surface area contributed by atoms with E-state index in [4.69, 9.17) is 10.2 Å². The third-order valence-corrected chi connectivity index (χ3v) is 6.49. The lowest BCUT2D eigenvalue weighted by Gasteiger charge is -2.15. The minimum absolute atomic E-state index is 0.588. The Morgan fingerprint density at radius 1 is 0.917 bits per heavy atom. The maximum Gasteiger partial charge on any atom is 0.138 e. The zero-order valence-electron chi connectivity index (χ0n) is 19.6. The second-order valence-electron chi connectivity index (χ2n) is 8.66. The van der Waals surface area contributed by atoms with Crippen molar-refractivity contribution in [3.63, 3.8) is 0 Å². The van der Waals surface area contributed by atoms with Crippen LogP contribution in [0.3, 0.4) is 0 Å². The molecular weight excluding hydrogens is 446 g/mol. The number of hydrogen-bond acceptors (Lipinski definition) is 7. The van der Waals surface area contributed by atoms with Crippen molar-refractivity contribution in [2.45, 2.75) is 19.9 Å². The molecule has 0 spiro atoms. The largest absolute Gasteiger partial charge is 0.340 e. The Balaban J connectivity index is 1.42. The predicted octanol–water partition coefficient (Wildman–Crippen LogP) is 5.53. The molecule has 2 aromatic carbocycles. The molecule has 0 atom stereocenters. The van der Waals surface area contributed by atoms with Gasteiger partial charge in [-0.15, -0.1) is 0 Å². The summed E-state index contributed by atoms with van der Waals surface area (Å²) >= 11 is 0. The van der Waals surface area contributed by atoms with Crippen LogP contribution >= 0.6 is 0 Å². The summed E-state index contributed by atoms with van der Waals surface area (Å²) in [5, 5.41) is 14.6. The third-order valence-electron chi connectivity index (χ3n) is 6.49. The molecule has 0 unspecified atom stereocenters. The average Bonchev–Trinajstić information content (AvgIpc) is 3.40. The standard InChI is InChI=1S/C29H21N7/c1-18-4-9-22-21(10-12-33-29(22)36-20-7-5-19(14-30)6-8-20)24(18)13-26-23(3-2-11-32-26)28-25-15-31-16-27(25)34-17-35-28/h2-12,15,17H,13,16H2,1H3,(H,33,36). The van der Waals surface area contributed by atoms with E-state index in [1.54, 1.807) is 18.5 Å². The number of aromatic nitrogens is 4. The molecule has 1 aliphatic heterocycles. The summed E-state index contributed by atoms with van der Waals surface area (Å²) in [5.41, 5.74) is 8.60. The van der Waals surface area contributed by atoms with E-state index < -0.39 is 0 Å². The highest BCUT2D eigenvalue weighted by Crippen LogP contribution is 2.33. The molecule has 172 valence electrons. The van der Waals surface area contributed by atoms with Gasteiger partial charge >= 0.3 is 0 Å². The average molecular weight is 468 g/mol. The smallest absolute Gasteiger partial charge is 0.138 e. The van der Waals surface area contributed by atoms with Gasteiger partial charge in [0.05, 0.1) is 35.3 Å². The number of fused-ring (bicyclic) bond motifs is 2. The van der Waals surface area contributed by atoms with Gasteiger partial charge in [0.1, 0.15) is 12.1 Å². The molecule has 4 heterocycles. The summed E-state index contributed by atoms with van der Waals surface area (Å²) in [7, 11) is 0. The first-order valence-corrected chi connectivity index (χ1v) is 11.6. The van der Waals surface area contributed by atoms with Crippen LogP contribution in [0.25, 0.3) is 22.0 Å². The number of aliphatic imine (C=N–C) groups is 1. The van der Waals surface area contributed by atoms with Crippen molar-refractivity contribution in [1.29, 1.82) is 5.26 Å². The number of aryl methyl sites for hydroxylation is 1. The topological polar surface area (TPSA) is 99.7 Å². The lowest BCUT2D eigenvalue weighted by Crippen LogP contribution is -2.03. The first-order chi connectivity index (χ1) is 17.7. The monoisotopic (exact) mass is 467 g/mol. The van der Waals surface area contributed by atoms with E-state index in [-0.39, 0.29) is 0 Å². The Hall–Kier alpha value is -4.96. The van der Waals surface area contributed by atoms with E-state index in [1.165, 1.54) is 11.1 Å². The predicted molar refractivity (Wildman–Crippen MR) is 140 cm³/mol. The maximum atomic E-state index is 9.07. The molecule has 1 N–H and O–H groups in total. The number of nitriles is 1. The lowest BCUT2D eigenvalue weighted by molar-refractivity contribution is 0.991. The molecule has 6 rings (SSSR count). The van der Waals surface area contributed by atoms with E-state index in [9.17, 15) is 0 Å². The molecule has 0 bridgehead atoms. The number of nitrogens with zero attached hydrogens (tertiary/aromatic N) is 6. The number of pyridine rings is 2. The lowest BCUT2D eigenvalue weighted by atomic mass is 9.94. The summed E-state index contributed by atoms with van der Waals surface area (Å²) in [4.78, 5) is 22.7. The van der Waals surface area contributed by atoms with Gasteiger partial charge in [0, 0.05) is 47.2 Å². The Bertz CT molecular complexity index is 1680. The fourth-order valence-electron chi connectivity index (χ4n) is 4.62. The van der Waals surface area contributed by atoms with Crippen LogP contribution in [0.2, 0.25) is 0 Å². The van der Waals surface area contributed by atoms with E-state index in [0.717, 1.165) is 50.5 Å². The Morgan fingerprint density at radius 3 is 2.67 bits per heavy atom. The van der Waals surface area contributed by atoms with E-state index in [2.05, 4.69) is 62.5 Å². The Morgan fingerprint density at radius 2 is 1.81 bits per heavy atom. The van der Waals surface area contributed by atoms with E-state index >= 15 is 0 Å². The molecule has 3 aromatic heterocycles. The molecular formula is C29H21N7. The molecule has 36 heavy (non-hydrogen) atoms. The molecule has 0 amide bonds. The zero-order valence-corrected chi connectivity index (χ0v) is 19.6. The number of anilines is 2. The van der Waals surface area contributed by atoms with Gasteiger partial charge < -0.3 is 5.32 Å². The molecule has 0 radical (unpaired) electrons. The van der Waals surface area contributed by atoms with E-state index in [1.807, 2.05) is 36.8 Å². The Labute approximate surface area is 208 Å². The highest BCUT2D eigenvalue weighted by Gasteiger charge is 2.19. The second kappa shape index (κ2) is 9.01. The summed E-state index contributed by atoms with van der Waals surface area (Å²) in [6.07, 6.45) is 7.77. The third kappa shape index (κ3) is 3.85. The highest BCUT2D eigenvalue weighted by molar-refractivity contribution is 5.96. The van der Waals surface area contributed by atoms with Crippen molar-refractivity contribution in [2.24, 2.45) is 4.99 Å². The molecule has 7 heteroatoms. The minimum Gasteiger partial charge on any atom is -0.340 e. The van der Waals surface area contributed by atoms with Crippen LogP contribution in [-0.2, 0) is 13.0 Å². The number of nitrogens with one attached hydrogen (secondary N) is 1. The van der Waals surface area contributed by atoms with Crippen molar-refractivity contribution in [2.75, 3.05) is 5.32 Å². The first-order valence-electron chi connectivity index (χ1n) is 11.6.